The van der Waals surface area contributed by atoms with Crippen LogP contribution in [0.2, 0.25) is 0 Å². The maximum absolute atomic E-state index is 9.64. The number of aliphatic hydroxyl groups excluding tert-OH is 1. The predicted molar refractivity (Wildman–Crippen MR) is 60.0 cm³/mol. The Kier molecular flexibility index (Phi) is 4.19. The molecule has 0 saturated carbocycles. The van der Waals surface area contributed by atoms with Gasteiger partial charge in [-0.1, -0.05) is 0 Å². The second kappa shape index (κ2) is 4.79. The lowest BCUT2D eigenvalue weighted by Crippen LogP contribution is -2.57. The minimum Gasteiger partial charge on any atom is -0.393 e. The van der Waals surface area contributed by atoms with Crippen molar-refractivity contribution in [1.29, 1.82) is 0 Å². The van der Waals surface area contributed by atoms with E-state index >= 15 is 0 Å². The van der Waals surface area contributed by atoms with E-state index in [2.05, 4.69) is 17.3 Å². The van der Waals surface area contributed by atoms with Crippen LogP contribution in [0.5, 0.6) is 0 Å². The molecular formula is C10H21ClN2O. The highest BCUT2D eigenvalue weighted by Crippen LogP contribution is 2.29. The molecular weight excluding hydrogens is 200 g/mol. The van der Waals surface area contributed by atoms with E-state index in [-0.39, 0.29) is 24.0 Å². The zero-order valence-corrected chi connectivity index (χ0v) is 9.65. The van der Waals surface area contributed by atoms with E-state index in [0.717, 1.165) is 19.4 Å². The SMILES string of the molecule is CN1CCC2(CC1)CC(O)CCN2.Cl. The number of piperidine rings is 2. The molecule has 2 fully saturated rings. The summed E-state index contributed by atoms with van der Waals surface area (Å²) < 4.78 is 0. The summed E-state index contributed by atoms with van der Waals surface area (Å²) in [6.07, 6.45) is 4.21. The van der Waals surface area contributed by atoms with Crippen molar-refractivity contribution in [3.63, 3.8) is 0 Å². The molecule has 1 unspecified atom stereocenters. The van der Waals surface area contributed by atoms with Crippen LogP contribution in [0.4, 0.5) is 0 Å². The number of aliphatic hydroxyl groups is 1. The fourth-order valence-electron chi connectivity index (χ4n) is 2.56. The number of halogens is 1. The van der Waals surface area contributed by atoms with Crippen LogP contribution in [-0.2, 0) is 0 Å². The first-order valence-electron chi connectivity index (χ1n) is 5.32. The quantitative estimate of drug-likeness (QED) is 0.628. The maximum atomic E-state index is 9.64. The summed E-state index contributed by atoms with van der Waals surface area (Å²) >= 11 is 0. The number of likely N-dealkylation sites (tertiary alicyclic amines) is 1. The van der Waals surface area contributed by atoms with Crippen molar-refractivity contribution in [3.8, 4) is 0 Å². The van der Waals surface area contributed by atoms with Gasteiger partial charge in [-0.3, -0.25) is 0 Å². The molecule has 2 aliphatic rings. The Bertz CT molecular complexity index is 181. The molecule has 0 radical (unpaired) electrons. The lowest BCUT2D eigenvalue weighted by Gasteiger charge is -2.45. The van der Waals surface area contributed by atoms with Crippen LogP contribution in [0.15, 0.2) is 0 Å². The van der Waals surface area contributed by atoms with Gasteiger partial charge in [-0.2, -0.15) is 0 Å². The van der Waals surface area contributed by atoms with E-state index in [1.54, 1.807) is 0 Å². The van der Waals surface area contributed by atoms with Crippen LogP contribution in [-0.4, -0.2) is 48.3 Å². The molecule has 0 aromatic rings. The molecule has 4 heteroatoms. The summed E-state index contributed by atoms with van der Waals surface area (Å²) in [4.78, 5) is 2.37. The molecule has 1 atom stereocenters. The van der Waals surface area contributed by atoms with Gasteiger partial charge < -0.3 is 15.3 Å². The normalized spacial score (nSPS) is 32.6. The molecule has 0 aromatic heterocycles. The topological polar surface area (TPSA) is 35.5 Å². The minimum absolute atomic E-state index is 0. The third-order valence-corrected chi connectivity index (χ3v) is 3.55. The molecule has 2 saturated heterocycles. The second-order valence-electron chi connectivity index (χ2n) is 4.66. The summed E-state index contributed by atoms with van der Waals surface area (Å²) in [6.45, 7) is 3.32. The highest BCUT2D eigenvalue weighted by molar-refractivity contribution is 5.85. The summed E-state index contributed by atoms with van der Waals surface area (Å²) in [5, 5.41) is 13.2. The average Bonchev–Trinajstić information content (AvgIpc) is 2.11. The van der Waals surface area contributed by atoms with Gasteiger partial charge in [0.2, 0.25) is 0 Å². The van der Waals surface area contributed by atoms with E-state index in [4.69, 9.17) is 0 Å². The molecule has 0 aromatic carbocycles. The molecule has 0 amide bonds. The summed E-state index contributed by atoms with van der Waals surface area (Å²) in [5.74, 6) is 0. The van der Waals surface area contributed by atoms with Gasteiger partial charge in [0.1, 0.15) is 0 Å². The largest absolute Gasteiger partial charge is 0.393 e. The predicted octanol–water partition coefficient (Wildman–Crippen LogP) is 0.617. The highest BCUT2D eigenvalue weighted by atomic mass is 35.5. The smallest absolute Gasteiger partial charge is 0.0570 e. The summed E-state index contributed by atoms with van der Waals surface area (Å²) in [6, 6.07) is 0. The summed E-state index contributed by atoms with van der Waals surface area (Å²) in [7, 11) is 2.17. The average molecular weight is 221 g/mol. The van der Waals surface area contributed by atoms with Crippen molar-refractivity contribution in [2.45, 2.75) is 37.3 Å². The van der Waals surface area contributed by atoms with Crippen molar-refractivity contribution >= 4 is 12.4 Å². The third-order valence-electron chi connectivity index (χ3n) is 3.55. The van der Waals surface area contributed by atoms with Crippen molar-refractivity contribution in [3.05, 3.63) is 0 Å². The van der Waals surface area contributed by atoms with Gasteiger partial charge in [0, 0.05) is 5.54 Å². The van der Waals surface area contributed by atoms with Crippen molar-refractivity contribution in [2.24, 2.45) is 0 Å². The van der Waals surface area contributed by atoms with Gasteiger partial charge in [0.05, 0.1) is 6.10 Å². The molecule has 84 valence electrons. The van der Waals surface area contributed by atoms with Crippen LogP contribution < -0.4 is 5.32 Å². The van der Waals surface area contributed by atoms with Crippen LogP contribution in [0.3, 0.4) is 0 Å². The molecule has 2 heterocycles. The van der Waals surface area contributed by atoms with E-state index < -0.39 is 0 Å². The van der Waals surface area contributed by atoms with E-state index in [1.165, 1.54) is 25.9 Å². The third kappa shape index (κ3) is 2.60. The molecule has 2 aliphatic heterocycles. The molecule has 0 bridgehead atoms. The lowest BCUT2D eigenvalue weighted by atomic mass is 9.79. The monoisotopic (exact) mass is 220 g/mol. The molecule has 3 nitrogen and oxygen atoms in total. The first kappa shape index (κ1) is 12.2. The fraction of sp³-hybridized carbons (Fsp3) is 1.00. The molecule has 2 rings (SSSR count). The first-order valence-corrected chi connectivity index (χ1v) is 5.32. The van der Waals surface area contributed by atoms with E-state index in [1.807, 2.05) is 0 Å². The number of rotatable bonds is 0. The van der Waals surface area contributed by atoms with Gasteiger partial charge in [0.15, 0.2) is 0 Å². The Morgan fingerprint density at radius 3 is 2.57 bits per heavy atom. The zero-order chi connectivity index (χ0) is 9.31. The standard InChI is InChI=1S/C10H20N2O.ClH/c1-12-6-3-10(4-7-12)8-9(13)2-5-11-10;/h9,11,13H,2-8H2,1H3;1H. The Morgan fingerprint density at radius 2 is 2.00 bits per heavy atom. The Morgan fingerprint density at radius 1 is 1.36 bits per heavy atom. The van der Waals surface area contributed by atoms with Gasteiger partial charge in [0.25, 0.3) is 0 Å². The molecule has 0 aliphatic carbocycles. The number of hydrogen-bond acceptors (Lipinski definition) is 3. The van der Waals surface area contributed by atoms with Crippen LogP contribution >= 0.6 is 12.4 Å². The minimum atomic E-state index is -0.0651. The molecule has 2 N–H and O–H groups in total. The zero-order valence-electron chi connectivity index (χ0n) is 8.83. The maximum Gasteiger partial charge on any atom is 0.0570 e. The van der Waals surface area contributed by atoms with Gasteiger partial charge in [-0.15, -0.1) is 12.4 Å². The Hall–Kier alpha value is 0.170. The van der Waals surface area contributed by atoms with Crippen molar-refractivity contribution in [1.82, 2.24) is 10.2 Å². The Labute approximate surface area is 92.3 Å². The number of hydrogen-bond donors (Lipinski definition) is 2. The highest BCUT2D eigenvalue weighted by Gasteiger charge is 2.37. The fourth-order valence-corrected chi connectivity index (χ4v) is 2.56. The second-order valence-corrected chi connectivity index (χ2v) is 4.66. The number of nitrogens with one attached hydrogen (secondary N) is 1. The van der Waals surface area contributed by atoms with E-state index in [9.17, 15) is 5.11 Å². The van der Waals surface area contributed by atoms with Crippen molar-refractivity contribution in [2.75, 3.05) is 26.7 Å². The summed E-state index contributed by atoms with van der Waals surface area (Å²) in [5.41, 5.74) is 0.268. The van der Waals surface area contributed by atoms with Crippen molar-refractivity contribution < 1.29 is 5.11 Å². The van der Waals surface area contributed by atoms with Gasteiger partial charge in [-0.05, 0) is 52.4 Å². The first-order chi connectivity index (χ1) is 6.20. The van der Waals surface area contributed by atoms with Crippen LogP contribution in [0, 0.1) is 0 Å². The van der Waals surface area contributed by atoms with Crippen LogP contribution in [0.25, 0.3) is 0 Å². The number of nitrogens with zero attached hydrogens (tertiary/aromatic N) is 1. The molecule has 14 heavy (non-hydrogen) atoms. The van der Waals surface area contributed by atoms with Gasteiger partial charge >= 0.3 is 0 Å². The molecule has 1 spiro atoms. The van der Waals surface area contributed by atoms with Crippen LogP contribution in [0.1, 0.15) is 25.7 Å². The van der Waals surface area contributed by atoms with Gasteiger partial charge in [-0.25, -0.2) is 0 Å². The lowest BCUT2D eigenvalue weighted by molar-refractivity contribution is 0.0438. The van der Waals surface area contributed by atoms with E-state index in [0.29, 0.717) is 0 Å². The Balaban J connectivity index is 0.000000980.